The molecule has 2 nitrogen and oxygen atoms in total. The van der Waals surface area contributed by atoms with Gasteiger partial charge in [-0.15, -0.1) is 0 Å². The second-order valence-electron chi connectivity index (χ2n) is 8.42. The Bertz CT molecular complexity index is 1490. The van der Waals surface area contributed by atoms with Gasteiger partial charge >= 0.3 is 0 Å². The average molecular weight is 381 g/mol. The van der Waals surface area contributed by atoms with E-state index in [1.807, 2.05) is 45.4 Å². The van der Waals surface area contributed by atoms with Gasteiger partial charge in [0.15, 0.2) is 6.20 Å². The molecular weight excluding hydrogens is 342 g/mol. The molecule has 0 bridgehead atoms. The fourth-order valence-electron chi connectivity index (χ4n) is 3.71. The number of hydrogen-bond acceptors (Lipinski definition) is 1. The van der Waals surface area contributed by atoms with E-state index in [0.717, 1.165) is 5.56 Å². The van der Waals surface area contributed by atoms with Gasteiger partial charge in [-0.3, -0.25) is 0 Å². The highest BCUT2D eigenvalue weighted by Gasteiger charge is 2.22. The summed E-state index contributed by atoms with van der Waals surface area (Å²) in [6.07, 6.45) is 0.185. The van der Waals surface area contributed by atoms with E-state index in [4.69, 9.17) is 15.4 Å². The third-order valence-corrected chi connectivity index (χ3v) is 4.87. The molecule has 2 heteroatoms. The summed E-state index contributed by atoms with van der Waals surface area (Å²) in [5.74, 6) is 0. The van der Waals surface area contributed by atoms with Gasteiger partial charge in [-0.1, -0.05) is 39.0 Å². The van der Waals surface area contributed by atoms with E-state index in [2.05, 4.69) is 0 Å². The maximum absolute atomic E-state index is 8.75. The summed E-state index contributed by atoms with van der Waals surface area (Å²) in [6.45, 7) is 2.42. The molecule has 0 atom stereocenters. The van der Waals surface area contributed by atoms with Crippen molar-refractivity contribution in [2.45, 2.75) is 47.8 Å². The standard InChI is InChI=1S/C26H30NO/c1-16-12-18(3)23-20-9-8-17(2)24(25(20)28-22(23)13-16)21-14-19(10-11-27(21)7)15-26(4,5)6/h8-14H,15H2,1-7H3/q+1/i1D3,3D3,15D2. The predicted molar refractivity (Wildman–Crippen MR) is 118 cm³/mol. The van der Waals surface area contributed by atoms with Crippen molar-refractivity contribution in [1.29, 1.82) is 0 Å². The maximum atomic E-state index is 8.75. The van der Waals surface area contributed by atoms with E-state index < -0.39 is 25.5 Å². The lowest BCUT2D eigenvalue weighted by atomic mass is 9.87. The van der Waals surface area contributed by atoms with E-state index in [1.165, 1.54) is 12.1 Å². The van der Waals surface area contributed by atoms with Crippen LogP contribution in [0.4, 0.5) is 0 Å². The summed E-state index contributed by atoms with van der Waals surface area (Å²) >= 11 is 0. The molecule has 0 aliphatic rings. The number of nitrogens with zero attached hydrogens (tertiary/aromatic N) is 1. The minimum absolute atomic E-state index is 0.0677. The molecule has 0 radical (unpaired) electrons. The first-order valence-electron chi connectivity index (χ1n) is 13.4. The van der Waals surface area contributed by atoms with Crippen LogP contribution in [0.5, 0.6) is 0 Å². The number of pyridine rings is 1. The molecule has 0 N–H and O–H groups in total. The lowest BCUT2D eigenvalue weighted by Gasteiger charge is -2.18. The molecule has 4 aromatic rings. The van der Waals surface area contributed by atoms with Gasteiger partial charge in [-0.2, -0.15) is 0 Å². The van der Waals surface area contributed by atoms with Crippen LogP contribution in [-0.4, -0.2) is 0 Å². The van der Waals surface area contributed by atoms with E-state index in [-0.39, 0.29) is 16.7 Å². The van der Waals surface area contributed by atoms with Crippen LogP contribution < -0.4 is 4.57 Å². The quantitative estimate of drug-likeness (QED) is 0.358. The molecule has 144 valence electrons. The molecule has 0 fully saturated rings. The summed E-state index contributed by atoms with van der Waals surface area (Å²) in [6, 6.07) is 9.86. The van der Waals surface area contributed by atoms with Gasteiger partial charge in [0.25, 0.3) is 0 Å². The van der Waals surface area contributed by atoms with Crippen LogP contribution in [0.25, 0.3) is 33.2 Å². The molecule has 0 unspecified atom stereocenters. The lowest BCUT2D eigenvalue weighted by Crippen LogP contribution is -2.31. The summed E-state index contributed by atoms with van der Waals surface area (Å²) in [5.41, 5.74) is 2.60. The zero-order valence-electron chi connectivity index (χ0n) is 24.9. The summed E-state index contributed by atoms with van der Waals surface area (Å²) in [5, 5.41) is 0.932. The Hall–Kier alpha value is -2.61. The highest BCUT2D eigenvalue weighted by atomic mass is 16.3. The van der Waals surface area contributed by atoms with Crippen molar-refractivity contribution in [3.8, 4) is 11.3 Å². The highest BCUT2D eigenvalue weighted by molar-refractivity contribution is 6.11. The van der Waals surface area contributed by atoms with Crippen LogP contribution in [0.15, 0.2) is 47.0 Å². The molecule has 2 aromatic carbocycles. The van der Waals surface area contributed by atoms with E-state index in [1.54, 1.807) is 24.4 Å². The van der Waals surface area contributed by atoms with Crippen molar-refractivity contribution >= 4 is 21.9 Å². The summed E-state index contributed by atoms with van der Waals surface area (Å²) < 4.78 is 73.3. The molecule has 2 aromatic heterocycles. The molecule has 0 amide bonds. The van der Waals surface area contributed by atoms with E-state index in [0.29, 0.717) is 33.2 Å². The van der Waals surface area contributed by atoms with Gasteiger partial charge in [0.2, 0.25) is 5.69 Å². The first-order valence-corrected chi connectivity index (χ1v) is 9.35. The van der Waals surface area contributed by atoms with Crippen molar-refractivity contribution in [1.82, 2.24) is 0 Å². The molecule has 0 aliphatic carbocycles. The fraction of sp³-hybridized carbons (Fsp3) is 0.346. The zero-order chi connectivity index (χ0) is 27.0. The van der Waals surface area contributed by atoms with E-state index >= 15 is 0 Å². The molecule has 0 aliphatic heterocycles. The first-order chi connectivity index (χ1) is 16.3. The zero-order valence-corrected chi connectivity index (χ0v) is 16.9. The van der Waals surface area contributed by atoms with Crippen LogP contribution in [0.1, 0.15) is 54.0 Å². The number of aryl methyl sites for hydroxylation is 4. The minimum Gasteiger partial charge on any atom is -0.455 e. The Kier molecular flexibility index (Phi) is 2.64. The van der Waals surface area contributed by atoms with Gasteiger partial charge in [0, 0.05) is 33.9 Å². The van der Waals surface area contributed by atoms with Crippen molar-refractivity contribution in [3.05, 3.63) is 64.8 Å². The van der Waals surface area contributed by atoms with Crippen LogP contribution in [0, 0.1) is 26.0 Å². The van der Waals surface area contributed by atoms with Crippen molar-refractivity contribution in [3.63, 3.8) is 0 Å². The highest BCUT2D eigenvalue weighted by Crippen LogP contribution is 2.38. The molecule has 28 heavy (non-hydrogen) atoms. The molecule has 0 saturated heterocycles. The average Bonchev–Trinajstić information content (AvgIpc) is 3.09. The normalized spacial score (nSPS) is 17.9. The molecule has 2 heterocycles. The second-order valence-corrected chi connectivity index (χ2v) is 8.42. The van der Waals surface area contributed by atoms with Crippen LogP contribution in [0.2, 0.25) is 0 Å². The van der Waals surface area contributed by atoms with Crippen LogP contribution >= 0.6 is 0 Å². The third-order valence-electron chi connectivity index (χ3n) is 4.87. The maximum Gasteiger partial charge on any atom is 0.216 e. The minimum atomic E-state index is -2.55. The van der Waals surface area contributed by atoms with Gasteiger partial charge < -0.3 is 4.42 Å². The van der Waals surface area contributed by atoms with Crippen LogP contribution in [0.3, 0.4) is 0 Å². The largest absolute Gasteiger partial charge is 0.455 e. The SMILES string of the molecule is [2H]C([2H])([2H])c1cc(C([2H])([2H])[2H])c2c(c1)oc1c(-c3cc(C([2H])([2H])C(C)(C)C)cc[n+]3C)c(C)ccc12. The Morgan fingerprint density at radius 3 is 2.61 bits per heavy atom. The van der Waals surface area contributed by atoms with Gasteiger partial charge in [0.1, 0.15) is 18.2 Å². The van der Waals surface area contributed by atoms with Gasteiger partial charge in [0.05, 0.1) is 5.56 Å². The monoisotopic (exact) mass is 380 g/mol. The fourth-order valence-corrected chi connectivity index (χ4v) is 3.71. The van der Waals surface area contributed by atoms with Crippen LogP contribution in [-0.2, 0) is 13.4 Å². The number of furan rings is 1. The summed E-state index contributed by atoms with van der Waals surface area (Å²) in [7, 11) is 1.85. The topological polar surface area (TPSA) is 17.0 Å². The Balaban J connectivity index is 2.11. The van der Waals surface area contributed by atoms with E-state index in [9.17, 15) is 0 Å². The summed E-state index contributed by atoms with van der Waals surface area (Å²) in [4.78, 5) is 0. The smallest absolute Gasteiger partial charge is 0.216 e. The van der Waals surface area contributed by atoms with Crippen molar-refractivity contribution in [2.75, 3.05) is 0 Å². The Morgan fingerprint density at radius 2 is 1.89 bits per heavy atom. The van der Waals surface area contributed by atoms with Gasteiger partial charge in [-0.25, -0.2) is 4.57 Å². The predicted octanol–water partition coefficient (Wildman–Crippen LogP) is 6.59. The number of benzene rings is 2. The lowest BCUT2D eigenvalue weighted by molar-refractivity contribution is -0.660. The molecule has 0 spiro atoms. The Labute approximate surface area is 179 Å². The van der Waals surface area contributed by atoms with Gasteiger partial charge in [-0.05, 0) is 60.7 Å². The molecular formula is C26H30NO+. The molecule has 4 rings (SSSR count). The number of fused-ring (bicyclic) bond motifs is 3. The number of rotatable bonds is 2. The molecule has 0 saturated carbocycles. The number of aromatic nitrogens is 1. The number of hydrogen-bond donors (Lipinski definition) is 0. The van der Waals surface area contributed by atoms with Crippen molar-refractivity contribution < 1.29 is 20.0 Å². The van der Waals surface area contributed by atoms with Crippen molar-refractivity contribution in [2.24, 2.45) is 12.5 Å². The second kappa shape index (κ2) is 6.48. The Morgan fingerprint density at radius 1 is 1.07 bits per heavy atom. The third kappa shape index (κ3) is 3.22. The first kappa shape index (κ1) is 11.4.